The molecule has 1 aliphatic rings. The fourth-order valence-corrected chi connectivity index (χ4v) is 3.27. The highest BCUT2D eigenvalue weighted by molar-refractivity contribution is 9.10. The molecule has 0 aromatic heterocycles. The van der Waals surface area contributed by atoms with Crippen LogP contribution in [0.3, 0.4) is 0 Å². The van der Waals surface area contributed by atoms with Gasteiger partial charge in [-0.1, -0.05) is 64.5 Å². The second-order valence-electron chi connectivity index (χ2n) is 5.61. The zero-order chi connectivity index (χ0) is 16.6. The molecular weight excluding hydrogens is 366 g/mol. The van der Waals surface area contributed by atoms with Crippen molar-refractivity contribution in [3.63, 3.8) is 0 Å². The number of carbonyl (C=O) groups excluding carboxylic acids is 1. The summed E-state index contributed by atoms with van der Waals surface area (Å²) < 4.78 is 6.87. The van der Waals surface area contributed by atoms with Crippen molar-refractivity contribution in [1.82, 2.24) is 0 Å². The van der Waals surface area contributed by atoms with Crippen LogP contribution in [0.4, 0.5) is 5.69 Å². The fraction of sp³-hybridized carbons (Fsp3) is 0.0500. The van der Waals surface area contributed by atoms with Gasteiger partial charge in [-0.25, -0.2) is 4.79 Å². The number of ether oxygens (including phenoxy) is 1. The first-order valence-electron chi connectivity index (χ1n) is 7.61. The molecule has 0 radical (unpaired) electrons. The summed E-state index contributed by atoms with van der Waals surface area (Å²) in [7, 11) is 0. The third-order valence-electron chi connectivity index (χ3n) is 4.12. The zero-order valence-electron chi connectivity index (χ0n) is 12.7. The lowest BCUT2D eigenvalue weighted by Gasteiger charge is -2.31. The van der Waals surface area contributed by atoms with Crippen molar-refractivity contribution in [1.29, 1.82) is 0 Å². The van der Waals surface area contributed by atoms with Gasteiger partial charge in [-0.2, -0.15) is 0 Å². The molecule has 1 atom stereocenters. The second kappa shape index (κ2) is 5.80. The summed E-state index contributed by atoms with van der Waals surface area (Å²) in [6, 6.07) is 25.0. The van der Waals surface area contributed by atoms with Crippen LogP contribution in [0.1, 0.15) is 21.5 Å². The van der Waals surface area contributed by atoms with Crippen LogP contribution in [0, 0.1) is 0 Å². The second-order valence-corrected chi connectivity index (χ2v) is 6.53. The highest BCUT2D eigenvalue weighted by Gasteiger charge is 2.47. The first-order valence-corrected chi connectivity index (χ1v) is 8.40. The molecule has 3 nitrogen and oxygen atoms in total. The van der Waals surface area contributed by atoms with Crippen molar-refractivity contribution in [2.45, 2.75) is 5.72 Å². The van der Waals surface area contributed by atoms with Gasteiger partial charge in [0, 0.05) is 21.3 Å². The van der Waals surface area contributed by atoms with Crippen LogP contribution >= 0.6 is 15.9 Å². The van der Waals surface area contributed by atoms with E-state index in [-0.39, 0.29) is 5.97 Å². The predicted octanol–water partition coefficient (Wildman–Crippen LogP) is 4.93. The van der Waals surface area contributed by atoms with Crippen LogP contribution in [0.5, 0.6) is 0 Å². The Morgan fingerprint density at radius 2 is 1.50 bits per heavy atom. The number of carbonyl (C=O) groups is 1. The van der Waals surface area contributed by atoms with Crippen molar-refractivity contribution in [3.8, 4) is 0 Å². The summed E-state index contributed by atoms with van der Waals surface area (Å²) in [5.41, 5.74) is 2.14. The van der Waals surface area contributed by atoms with Gasteiger partial charge in [-0.3, -0.25) is 0 Å². The topological polar surface area (TPSA) is 38.3 Å². The highest BCUT2D eigenvalue weighted by Crippen LogP contribution is 2.42. The predicted molar refractivity (Wildman–Crippen MR) is 96.8 cm³/mol. The number of halogens is 1. The van der Waals surface area contributed by atoms with Gasteiger partial charge >= 0.3 is 5.97 Å². The zero-order valence-corrected chi connectivity index (χ0v) is 14.3. The maximum Gasteiger partial charge on any atom is 0.341 e. The average molecular weight is 380 g/mol. The van der Waals surface area contributed by atoms with E-state index in [2.05, 4.69) is 21.2 Å². The third kappa shape index (κ3) is 2.39. The molecule has 0 saturated heterocycles. The molecule has 1 heterocycles. The van der Waals surface area contributed by atoms with Crippen molar-refractivity contribution < 1.29 is 9.53 Å². The summed E-state index contributed by atoms with van der Waals surface area (Å²) in [4.78, 5) is 12.4. The van der Waals surface area contributed by atoms with E-state index in [1.54, 1.807) is 6.07 Å². The molecule has 1 unspecified atom stereocenters. The number of benzene rings is 3. The van der Waals surface area contributed by atoms with Crippen LogP contribution in [-0.4, -0.2) is 5.97 Å². The minimum Gasteiger partial charge on any atom is -0.427 e. The summed E-state index contributed by atoms with van der Waals surface area (Å²) in [6.07, 6.45) is 0. The van der Waals surface area contributed by atoms with Crippen molar-refractivity contribution in [3.05, 3.63) is 100 Å². The van der Waals surface area contributed by atoms with E-state index >= 15 is 0 Å². The molecule has 118 valence electrons. The van der Waals surface area contributed by atoms with Gasteiger partial charge in [-0.05, 0) is 30.3 Å². The Morgan fingerprint density at radius 3 is 2.25 bits per heavy atom. The first kappa shape index (κ1) is 15.0. The minimum absolute atomic E-state index is 0.320. The SMILES string of the molecule is O=C1OC(Nc2ccc(Br)cc2)(c2ccccc2)c2ccccc21. The van der Waals surface area contributed by atoms with Gasteiger partial charge < -0.3 is 10.1 Å². The standard InChI is InChI=1S/C20H14BrNO2/c21-15-10-12-16(13-11-15)22-20(14-6-2-1-3-7-14)18-9-5-4-8-17(18)19(23)24-20/h1-13,22H. The van der Waals surface area contributed by atoms with E-state index in [1.807, 2.05) is 72.8 Å². The van der Waals surface area contributed by atoms with Crippen molar-refractivity contribution in [2.75, 3.05) is 5.32 Å². The Morgan fingerprint density at radius 1 is 0.833 bits per heavy atom. The molecule has 4 rings (SSSR count). The van der Waals surface area contributed by atoms with Crippen LogP contribution in [0.2, 0.25) is 0 Å². The first-order chi connectivity index (χ1) is 11.7. The smallest absolute Gasteiger partial charge is 0.341 e. The Hall–Kier alpha value is -2.59. The van der Waals surface area contributed by atoms with Gasteiger partial charge in [0.1, 0.15) is 0 Å². The van der Waals surface area contributed by atoms with Gasteiger partial charge in [0.05, 0.1) is 5.56 Å². The molecule has 0 fully saturated rings. The number of rotatable bonds is 3. The van der Waals surface area contributed by atoms with Crippen molar-refractivity contribution >= 4 is 27.6 Å². The normalized spacial score (nSPS) is 18.8. The van der Waals surface area contributed by atoms with Gasteiger partial charge in [-0.15, -0.1) is 0 Å². The lowest BCUT2D eigenvalue weighted by atomic mass is 9.92. The number of esters is 1. The summed E-state index contributed by atoms with van der Waals surface area (Å²) in [5, 5.41) is 3.42. The molecule has 4 heteroatoms. The van der Waals surface area contributed by atoms with E-state index in [0.29, 0.717) is 5.56 Å². The summed E-state index contributed by atoms with van der Waals surface area (Å²) in [6.45, 7) is 0. The molecule has 3 aromatic rings. The van der Waals surface area contributed by atoms with Crippen LogP contribution in [0.25, 0.3) is 0 Å². The van der Waals surface area contributed by atoms with E-state index in [9.17, 15) is 4.79 Å². The monoisotopic (exact) mass is 379 g/mol. The highest BCUT2D eigenvalue weighted by atomic mass is 79.9. The number of hydrogen-bond acceptors (Lipinski definition) is 3. The summed E-state index contributed by atoms with van der Waals surface area (Å²) >= 11 is 3.44. The Kier molecular flexibility index (Phi) is 3.62. The minimum atomic E-state index is -1.03. The number of cyclic esters (lactones) is 1. The largest absolute Gasteiger partial charge is 0.427 e. The molecule has 24 heavy (non-hydrogen) atoms. The lowest BCUT2D eigenvalue weighted by molar-refractivity contribution is 0.0212. The Labute approximate surface area is 148 Å². The fourth-order valence-electron chi connectivity index (χ4n) is 3.01. The lowest BCUT2D eigenvalue weighted by Crippen LogP contribution is -2.36. The maximum absolute atomic E-state index is 12.4. The van der Waals surface area contributed by atoms with E-state index < -0.39 is 5.72 Å². The average Bonchev–Trinajstić information content (AvgIpc) is 2.91. The van der Waals surface area contributed by atoms with Crippen LogP contribution in [0.15, 0.2) is 83.3 Å². The quantitative estimate of drug-likeness (QED) is 0.655. The Bertz CT molecular complexity index is 893. The van der Waals surface area contributed by atoms with E-state index in [1.165, 1.54) is 0 Å². The number of anilines is 1. The Balaban J connectivity index is 1.89. The van der Waals surface area contributed by atoms with Crippen LogP contribution < -0.4 is 5.32 Å². The van der Waals surface area contributed by atoms with Gasteiger partial charge in [0.25, 0.3) is 0 Å². The van der Waals surface area contributed by atoms with Gasteiger partial charge in [0.2, 0.25) is 5.72 Å². The molecule has 3 aromatic carbocycles. The molecule has 0 amide bonds. The maximum atomic E-state index is 12.4. The number of nitrogens with one attached hydrogen (secondary N) is 1. The summed E-state index contributed by atoms with van der Waals surface area (Å²) in [5.74, 6) is -0.320. The van der Waals surface area contributed by atoms with E-state index in [0.717, 1.165) is 21.3 Å². The molecule has 0 bridgehead atoms. The number of hydrogen-bond donors (Lipinski definition) is 1. The molecule has 0 spiro atoms. The molecular formula is C20H14BrNO2. The molecule has 1 aliphatic heterocycles. The van der Waals surface area contributed by atoms with Gasteiger partial charge in [0.15, 0.2) is 0 Å². The third-order valence-corrected chi connectivity index (χ3v) is 4.65. The molecule has 0 aliphatic carbocycles. The molecule has 0 saturated carbocycles. The molecule has 1 N–H and O–H groups in total. The number of fused-ring (bicyclic) bond motifs is 1. The van der Waals surface area contributed by atoms with E-state index in [4.69, 9.17) is 4.74 Å². The van der Waals surface area contributed by atoms with Crippen molar-refractivity contribution in [2.24, 2.45) is 0 Å². The van der Waals surface area contributed by atoms with Crippen LogP contribution in [-0.2, 0) is 10.5 Å².